The highest BCUT2D eigenvalue weighted by atomic mass is 35.5. The predicted molar refractivity (Wildman–Crippen MR) is 96.1 cm³/mol. The van der Waals surface area contributed by atoms with Crippen LogP contribution in [0.15, 0.2) is 47.6 Å². The fraction of sp³-hybridized carbons (Fsp3) is 0.167. The molecule has 1 aliphatic rings. The van der Waals surface area contributed by atoms with E-state index in [-0.39, 0.29) is 18.8 Å². The Balaban J connectivity index is 1.70. The Morgan fingerprint density at radius 2 is 2.04 bits per heavy atom. The number of nitrogens with one attached hydrogen (secondary N) is 1. The number of ether oxygens (including phenoxy) is 1. The molecule has 2 aromatic rings. The van der Waals surface area contributed by atoms with Crippen molar-refractivity contribution in [2.75, 3.05) is 18.1 Å². The summed E-state index contributed by atoms with van der Waals surface area (Å²) in [6.45, 7) is 1.23. The summed E-state index contributed by atoms with van der Waals surface area (Å²) in [6.07, 6.45) is 0. The molecule has 0 bridgehead atoms. The van der Waals surface area contributed by atoms with Crippen molar-refractivity contribution in [2.24, 2.45) is 5.10 Å². The molecule has 134 valence electrons. The molecule has 0 spiro atoms. The first kappa shape index (κ1) is 17.9. The topological polar surface area (TPSA) is 71.0 Å². The Labute approximate surface area is 154 Å². The van der Waals surface area contributed by atoms with Crippen LogP contribution in [-0.4, -0.2) is 30.7 Å². The van der Waals surface area contributed by atoms with Gasteiger partial charge in [0.25, 0.3) is 11.8 Å². The van der Waals surface area contributed by atoms with Crippen LogP contribution in [0.4, 0.5) is 10.1 Å². The summed E-state index contributed by atoms with van der Waals surface area (Å²) in [5, 5.41) is 4.62. The quantitative estimate of drug-likeness (QED) is 0.659. The van der Waals surface area contributed by atoms with E-state index >= 15 is 0 Å². The van der Waals surface area contributed by atoms with Crippen molar-refractivity contribution in [3.63, 3.8) is 0 Å². The summed E-state index contributed by atoms with van der Waals surface area (Å²) in [7, 11) is 0. The Kier molecular flexibility index (Phi) is 5.18. The van der Waals surface area contributed by atoms with Crippen LogP contribution >= 0.6 is 11.6 Å². The maximum atomic E-state index is 13.5. The maximum Gasteiger partial charge on any atom is 0.265 e. The Morgan fingerprint density at radius 1 is 1.31 bits per heavy atom. The van der Waals surface area contributed by atoms with Gasteiger partial charge in [0.05, 0.1) is 11.4 Å². The fourth-order valence-corrected chi connectivity index (χ4v) is 2.56. The van der Waals surface area contributed by atoms with Gasteiger partial charge >= 0.3 is 0 Å². The van der Waals surface area contributed by atoms with Gasteiger partial charge in [-0.3, -0.25) is 14.5 Å². The van der Waals surface area contributed by atoms with E-state index in [2.05, 4.69) is 10.5 Å². The molecule has 1 aliphatic heterocycles. The van der Waals surface area contributed by atoms with Gasteiger partial charge in [-0.1, -0.05) is 23.7 Å². The fourth-order valence-electron chi connectivity index (χ4n) is 2.43. The molecule has 0 unspecified atom stereocenters. The van der Waals surface area contributed by atoms with Crippen LogP contribution in [0.1, 0.15) is 12.5 Å². The molecule has 0 radical (unpaired) electrons. The average molecular weight is 376 g/mol. The summed E-state index contributed by atoms with van der Waals surface area (Å²) < 4.78 is 18.7. The normalized spacial score (nSPS) is 13.9. The van der Waals surface area contributed by atoms with Gasteiger partial charge in [0.2, 0.25) is 0 Å². The van der Waals surface area contributed by atoms with E-state index in [4.69, 9.17) is 16.3 Å². The van der Waals surface area contributed by atoms with Crippen molar-refractivity contribution < 1.29 is 18.7 Å². The van der Waals surface area contributed by atoms with E-state index in [0.717, 1.165) is 11.6 Å². The molecule has 0 aromatic heterocycles. The standard InChI is InChI=1S/C18H15ClFN3O3/c1-11(12-2-4-13(19)5-3-12)21-22-17(24)9-23-15-8-14(20)6-7-16(15)26-10-18(23)25/h2-8H,9-10H2,1H3,(H,22,24)/b21-11+. The predicted octanol–water partition coefficient (Wildman–Crippen LogP) is 2.74. The van der Waals surface area contributed by atoms with E-state index < -0.39 is 17.6 Å². The molecule has 0 saturated carbocycles. The molecule has 0 saturated heterocycles. The molecule has 8 heteroatoms. The van der Waals surface area contributed by atoms with Gasteiger partial charge in [0, 0.05) is 11.1 Å². The lowest BCUT2D eigenvalue weighted by atomic mass is 10.1. The van der Waals surface area contributed by atoms with Gasteiger partial charge in [0.15, 0.2) is 6.61 Å². The number of halogens is 2. The van der Waals surface area contributed by atoms with Gasteiger partial charge in [-0.25, -0.2) is 9.82 Å². The SMILES string of the molecule is C/C(=N\NC(=O)CN1C(=O)COc2ccc(F)cc21)c1ccc(Cl)cc1. The van der Waals surface area contributed by atoms with Gasteiger partial charge < -0.3 is 4.74 Å². The second-order valence-electron chi connectivity index (χ2n) is 5.62. The van der Waals surface area contributed by atoms with Gasteiger partial charge in [0.1, 0.15) is 18.1 Å². The number of rotatable bonds is 4. The number of hydrogen-bond donors (Lipinski definition) is 1. The van der Waals surface area contributed by atoms with Crippen LogP contribution in [-0.2, 0) is 9.59 Å². The third-order valence-corrected chi connectivity index (χ3v) is 4.03. The smallest absolute Gasteiger partial charge is 0.265 e. The molecule has 6 nitrogen and oxygen atoms in total. The Hall–Kier alpha value is -2.93. The molecule has 1 heterocycles. The first-order valence-electron chi connectivity index (χ1n) is 7.76. The van der Waals surface area contributed by atoms with Crippen molar-refractivity contribution in [2.45, 2.75) is 6.92 Å². The zero-order valence-corrected chi connectivity index (χ0v) is 14.6. The molecule has 26 heavy (non-hydrogen) atoms. The number of nitrogens with zero attached hydrogens (tertiary/aromatic N) is 2. The van der Waals surface area contributed by atoms with Gasteiger partial charge in [-0.2, -0.15) is 5.10 Å². The number of amides is 2. The Bertz CT molecular complexity index is 884. The molecule has 2 aromatic carbocycles. The number of carbonyl (C=O) groups is 2. The van der Waals surface area contributed by atoms with Gasteiger partial charge in [-0.15, -0.1) is 0 Å². The number of hydrogen-bond acceptors (Lipinski definition) is 4. The number of carbonyl (C=O) groups excluding carboxylic acids is 2. The van der Waals surface area contributed by atoms with Gasteiger partial charge in [-0.05, 0) is 36.8 Å². The van der Waals surface area contributed by atoms with Crippen LogP contribution in [0, 0.1) is 5.82 Å². The summed E-state index contributed by atoms with van der Waals surface area (Å²) in [4.78, 5) is 25.4. The number of anilines is 1. The number of benzene rings is 2. The van der Waals surface area contributed by atoms with E-state index in [9.17, 15) is 14.0 Å². The average Bonchev–Trinajstić information content (AvgIpc) is 2.63. The maximum absolute atomic E-state index is 13.5. The number of hydrazone groups is 1. The second kappa shape index (κ2) is 7.53. The minimum Gasteiger partial charge on any atom is -0.482 e. The summed E-state index contributed by atoms with van der Waals surface area (Å²) in [5.74, 6) is -1.12. The lowest BCUT2D eigenvalue weighted by Gasteiger charge is -2.28. The monoisotopic (exact) mass is 375 g/mol. The van der Waals surface area contributed by atoms with Crippen LogP contribution in [0.25, 0.3) is 0 Å². The highest BCUT2D eigenvalue weighted by Gasteiger charge is 2.27. The molecule has 1 N–H and O–H groups in total. The zero-order valence-electron chi connectivity index (χ0n) is 13.8. The lowest BCUT2D eigenvalue weighted by molar-refractivity contribution is -0.125. The summed E-state index contributed by atoms with van der Waals surface area (Å²) in [6, 6.07) is 10.8. The first-order chi connectivity index (χ1) is 12.4. The summed E-state index contributed by atoms with van der Waals surface area (Å²) in [5.41, 5.74) is 3.99. The van der Waals surface area contributed by atoms with Crippen molar-refractivity contribution >= 4 is 34.8 Å². The molecule has 0 aliphatic carbocycles. The van der Waals surface area contributed by atoms with E-state index in [0.29, 0.717) is 16.5 Å². The van der Waals surface area contributed by atoms with Crippen molar-refractivity contribution in [1.29, 1.82) is 0 Å². The molecular formula is C18H15ClFN3O3. The van der Waals surface area contributed by atoms with Crippen LogP contribution in [0.3, 0.4) is 0 Å². The number of fused-ring (bicyclic) bond motifs is 1. The largest absolute Gasteiger partial charge is 0.482 e. The third kappa shape index (κ3) is 4.00. The molecule has 0 atom stereocenters. The molecule has 3 rings (SSSR count). The minimum absolute atomic E-state index is 0.209. The first-order valence-corrected chi connectivity index (χ1v) is 8.13. The Morgan fingerprint density at radius 3 is 2.77 bits per heavy atom. The van der Waals surface area contributed by atoms with Crippen molar-refractivity contribution in [3.8, 4) is 5.75 Å². The second-order valence-corrected chi connectivity index (χ2v) is 6.06. The van der Waals surface area contributed by atoms with Crippen LogP contribution in [0.5, 0.6) is 5.75 Å². The van der Waals surface area contributed by atoms with E-state index in [1.807, 2.05) is 0 Å². The van der Waals surface area contributed by atoms with Crippen LogP contribution < -0.4 is 15.1 Å². The van der Waals surface area contributed by atoms with Crippen molar-refractivity contribution in [3.05, 3.63) is 58.9 Å². The summed E-state index contributed by atoms with van der Waals surface area (Å²) >= 11 is 5.83. The zero-order chi connectivity index (χ0) is 18.7. The molecule has 2 amide bonds. The van der Waals surface area contributed by atoms with Crippen LogP contribution in [0.2, 0.25) is 5.02 Å². The minimum atomic E-state index is -0.524. The highest BCUT2D eigenvalue weighted by molar-refractivity contribution is 6.30. The van der Waals surface area contributed by atoms with E-state index in [1.165, 1.54) is 17.0 Å². The third-order valence-electron chi connectivity index (χ3n) is 3.78. The molecular weight excluding hydrogens is 361 g/mol. The molecule has 0 fully saturated rings. The van der Waals surface area contributed by atoms with E-state index in [1.54, 1.807) is 31.2 Å². The highest BCUT2D eigenvalue weighted by Crippen LogP contribution is 2.32. The lowest BCUT2D eigenvalue weighted by Crippen LogP contribution is -2.44. The van der Waals surface area contributed by atoms with Crippen molar-refractivity contribution in [1.82, 2.24) is 5.43 Å².